The van der Waals surface area contributed by atoms with E-state index in [2.05, 4.69) is 0 Å². The van der Waals surface area contributed by atoms with Gasteiger partial charge in [0.1, 0.15) is 18.5 Å². The predicted molar refractivity (Wildman–Crippen MR) is 87.8 cm³/mol. The highest BCUT2D eigenvalue weighted by atomic mass is 35.5. The summed E-state index contributed by atoms with van der Waals surface area (Å²) in [6.07, 6.45) is 1.63. The van der Waals surface area contributed by atoms with Crippen molar-refractivity contribution >= 4 is 23.5 Å². The summed E-state index contributed by atoms with van der Waals surface area (Å²) < 4.78 is 15.6. The summed E-state index contributed by atoms with van der Waals surface area (Å²) in [5.74, 6) is 0.164. The van der Waals surface area contributed by atoms with Crippen LogP contribution in [0.25, 0.3) is 0 Å². The molecular weight excluding hydrogens is 320 g/mol. The number of hydrogen-bond acceptors (Lipinski definition) is 5. The SMILES string of the molecule is CCCCOC(=O)Cc1ccc(OCC(CCl)OC(C)=O)cc1. The van der Waals surface area contributed by atoms with E-state index in [-0.39, 0.29) is 24.9 Å². The number of rotatable bonds is 10. The van der Waals surface area contributed by atoms with Gasteiger partial charge >= 0.3 is 11.9 Å². The first kappa shape index (κ1) is 19.3. The molecule has 1 atom stereocenters. The molecule has 0 spiro atoms. The van der Waals surface area contributed by atoms with Gasteiger partial charge in [0, 0.05) is 6.92 Å². The topological polar surface area (TPSA) is 61.8 Å². The first-order valence-electron chi connectivity index (χ1n) is 7.65. The molecule has 0 aromatic heterocycles. The fraction of sp³-hybridized carbons (Fsp3) is 0.529. The predicted octanol–water partition coefficient (Wildman–Crippen LogP) is 3.12. The summed E-state index contributed by atoms with van der Waals surface area (Å²) in [4.78, 5) is 22.5. The zero-order chi connectivity index (χ0) is 17.1. The lowest BCUT2D eigenvalue weighted by Gasteiger charge is -2.15. The number of ether oxygens (including phenoxy) is 3. The number of carbonyl (C=O) groups is 2. The van der Waals surface area contributed by atoms with Gasteiger partial charge in [-0.15, -0.1) is 11.6 Å². The summed E-state index contributed by atoms with van der Waals surface area (Å²) in [7, 11) is 0. The summed E-state index contributed by atoms with van der Waals surface area (Å²) in [6, 6.07) is 7.12. The van der Waals surface area contributed by atoms with Crippen molar-refractivity contribution in [3.05, 3.63) is 29.8 Å². The average Bonchev–Trinajstić information content (AvgIpc) is 2.52. The van der Waals surface area contributed by atoms with Crippen LogP contribution in [0.3, 0.4) is 0 Å². The summed E-state index contributed by atoms with van der Waals surface area (Å²) >= 11 is 5.70. The zero-order valence-corrected chi connectivity index (χ0v) is 14.3. The van der Waals surface area contributed by atoms with E-state index in [9.17, 15) is 9.59 Å². The number of alkyl halides is 1. The Hall–Kier alpha value is -1.75. The highest BCUT2D eigenvalue weighted by Crippen LogP contribution is 2.14. The van der Waals surface area contributed by atoms with Gasteiger partial charge in [0.05, 0.1) is 18.9 Å². The Bertz CT molecular complexity index is 486. The van der Waals surface area contributed by atoms with Gasteiger partial charge in [0.2, 0.25) is 0 Å². The Labute approximate surface area is 141 Å². The number of hydrogen-bond donors (Lipinski definition) is 0. The van der Waals surface area contributed by atoms with E-state index in [4.69, 9.17) is 25.8 Å². The molecule has 6 heteroatoms. The van der Waals surface area contributed by atoms with Gasteiger partial charge in [-0.3, -0.25) is 9.59 Å². The van der Waals surface area contributed by atoms with Gasteiger partial charge in [-0.2, -0.15) is 0 Å². The van der Waals surface area contributed by atoms with Crippen molar-refractivity contribution in [1.29, 1.82) is 0 Å². The van der Waals surface area contributed by atoms with Crippen molar-refractivity contribution < 1.29 is 23.8 Å². The first-order valence-corrected chi connectivity index (χ1v) is 8.19. The van der Waals surface area contributed by atoms with Crippen molar-refractivity contribution in [2.24, 2.45) is 0 Å². The Morgan fingerprint density at radius 2 is 1.91 bits per heavy atom. The number of unbranched alkanes of at least 4 members (excludes halogenated alkanes) is 1. The van der Waals surface area contributed by atoms with Crippen LogP contribution in [0.2, 0.25) is 0 Å². The van der Waals surface area contributed by atoms with Gasteiger partial charge in [-0.05, 0) is 24.1 Å². The van der Waals surface area contributed by atoms with Crippen LogP contribution in [-0.2, 0) is 25.5 Å². The summed E-state index contributed by atoms with van der Waals surface area (Å²) in [5, 5.41) is 0. The largest absolute Gasteiger partial charge is 0.490 e. The van der Waals surface area contributed by atoms with Crippen LogP contribution in [0.5, 0.6) is 5.75 Å². The second kappa shape index (κ2) is 10.9. The maximum atomic E-state index is 11.6. The number of benzene rings is 1. The third-order valence-corrected chi connectivity index (χ3v) is 3.32. The minimum atomic E-state index is -0.484. The average molecular weight is 343 g/mol. The monoisotopic (exact) mass is 342 g/mol. The van der Waals surface area contributed by atoms with E-state index in [0.29, 0.717) is 12.4 Å². The van der Waals surface area contributed by atoms with Crippen molar-refractivity contribution in [2.45, 2.75) is 39.2 Å². The van der Waals surface area contributed by atoms with E-state index in [1.54, 1.807) is 24.3 Å². The Kier molecular flexibility index (Phi) is 9.14. The van der Waals surface area contributed by atoms with Crippen LogP contribution in [0.1, 0.15) is 32.3 Å². The van der Waals surface area contributed by atoms with E-state index in [0.717, 1.165) is 18.4 Å². The molecule has 1 unspecified atom stereocenters. The molecule has 128 valence electrons. The number of halogens is 1. The van der Waals surface area contributed by atoms with E-state index >= 15 is 0 Å². The second-order valence-corrected chi connectivity index (χ2v) is 5.40. The zero-order valence-electron chi connectivity index (χ0n) is 13.5. The van der Waals surface area contributed by atoms with Gasteiger partial charge in [0.25, 0.3) is 0 Å². The van der Waals surface area contributed by atoms with Crippen molar-refractivity contribution in [3.8, 4) is 5.75 Å². The molecule has 0 bridgehead atoms. The maximum Gasteiger partial charge on any atom is 0.310 e. The van der Waals surface area contributed by atoms with E-state index in [1.807, 2.05) is 6.92 Å². The van der Waals surface area contributed by atoms with Crippen molar-refractivity contribution in [1.82, 2.24) is 0 Å². The van der Waals surface area contributed by atoms with Crippen LogP contribution >= 0.6 is 11.6 Å². The third-order valence-electron chi connectivity index (χ3n) is 2.97. The lowest BCUT2D eigenvalue weighted by atomic mass is 10.1. The smallest absolute Gasteiger partial charge is 0.310 e. The molecule has 0 heterocycles. The fourth-order valence-corrected chi connectivity index (χ4v) is 1.94. The molecule has 0 N–H and O–H groups in total. The first-order chi connectivity index (χ1) is 11.0. The van der Waals surface area contributed by atoms with Crippen LogP contribution in [0, 0.1) is 0 Å². The molecule has 1 aromatic rings. The molecule has 1 aromatic carbocycles. The van der Waals surface area contributed by atoms with Gasteiger partial charge in [-0.25, -0.2) is 0 Å². The molecule has 0 saturated heterocycles. The molecule has 0 saturated carbocycles. The highest BCUT2D eigenvalue weighted by Gasteiger charge is 2.12. The van der Waals surface area contributed by atoms with Gasteiger partial charge < -0.3 is 14.2 Å². The number of esters is 2. The molecule has 0 amide bonds. The standard InChI is InChI=1S/C17H23ClO5/c1-3-4-9-21-17(20)10-14-5-7-15(8-6-14)22-12-16(11-18)23-13(2)19/h5-8,16H,3-4,9-12H2,1-2H3. The minimum Gasteiger partial charge on any atom is -0.490 e. The van der Waals surface area contributed by atoms with Crippen molar-refractivity contribution in [2.75, 3.05) is 19.1 Å². The molecule has 0 fully saturated rings. The van der Waals surface area contributed by atoms with Crippen LogP contribution in [0.4, 0.5) is 0 Å². The minimum absolute atomic E-state index is 0.168. The third kappa shape index (κ3) is 8.45. The molecule has 0 aliphatic carbocycles. The second-order valence-electron chi connectivity index (χ2n) is 5.09. The van der Waals surface area contributed by atoms with E-state index in [1.165, 1.54) is 6.92 Å². The molecule has 0 aliphatic heterocycles. The lowest BCUT2D eigenvalue weighted by Crippen LogP contribution is -2.25. The Balaban J connectivity index is 2.40. The van der Waals surface area contributed by atoms with Gasteiger partial charge in [-0.1, -0.05) is 25.5 Å². The van der Waals surface area contributed by atoms with Crippen LogP contribution in [-0.4, -0.2) is 37.1 Å². The Morgan fingerprint density at radius 3 is 2.48 bits per heavy atom. The number of carbonyl (C=O) groups excluding carboxylic acids is 2. The Morgan fingerprint density at radius 1 is 1.22 bits per heavy atom. The molecule has 1 rings (SSSR count). The van der Waals surface area contributed by atoms with Crippen LogP contribution in [0.15, 0.2) is 24.3 Å². The van der Waals surface area contributed by atoms with Crippen LogP contribution < -0.4 is 4.74 Å². The highest BCUT2D eigenvalue weighted by molar-refractivity contribution is 6.18. The molecule has 23 heavy (non-hydrogen) atoms. The van der Waals surface area contributed by atoms with Crippen molar-refractivity contribution in [3.63, 3.8) is 0 Å². The molecule has 0 aliphatic rings. The summed E-state index contributed by atoms with van der Waals surface area (Å²) in [6.45, 7) is 4.02. The maximum absolute atomic E-state index is 11.6. The quantitative estimate of drug-likeness (QED) is 0.371. The normalized spacial score (nSPS) is 11.6. The van der Waals surface area contributed by atoms with Gasteiger partial charge in [0.15, 0.2) is 0 Å². The fourth-order valence-electron chi connectivity index (χ4n) is 1.79. The lowest BCUT2D eigenvalue weighted by molar-refractivity contribution is -0.146. The molecule has 5 nitrogen and oxygen atoms in total. The molecular formula is C17H23ClO5. The molecule has 0 radical (unpaired) electrons. The summed E-state index contributed by atoms with van der Waals surface area (Å²) in [5.41, 5.74) is 0.854. The van der Waals surface area contributed by atoms with E-state index < -0.39 is 12.1 Å².